The van der Waals surface area contributed by atoms with Gasteiger partial charge in [0.1, 0.15) is 0 Å². The normalized spacial score (nSPS) is 12.2. The number of nitrogens with one attached hydrogen (secondary N) is 2. The van der Waals surface area contributed by atoms with E-state index in [1.807, 2.05) is 27.7 Å². The summed E-state index contributed by atoms with van der Waals surface area (Å²) in [6.45, 7) is 7.91. The fourth-order valence-corrected chi connectivity index (χ4v) is 2.47. The third-order valence-corrected chi connectivity index (χ3v) is 4.10. The smallest absolute Gasteiger partial charge is 0.254 e. The zero-order valence-electron chi connectivity index (χ0n) is 15.1. The topological polar surface area (TPSA) is 127 Å². The Kier molecular flexibility index (Phi) is 5.89. The minimum Gasteiger partial charge on any atom is -0.366 e. The number of hydrogen-bond donors (Lipinski definition) is 3. The lowest BCUT2D eigenvalue weighted by Gasteiger charge is -2.12. The van der Waals surface area contributed by atoms with Gasteiger partial charge in [-0.15, -0.1) is 5.10 Å². The minimum atomic E-state index is -0.170. The minimum absolute atomic E-state index is 0.0665. The Morgan fingerprint density at radius 3 is 2.64 bits per heavy atom. The number of rotatable bonds is 7. The lowest BCUT2D eigenvalue weighted by atomic mass is 10.1. The second-order valence-electron chi connectivity index (χ2n) is 6.10. The summed E-state index contributed by atoms with van der Waals surface area (Å²) in [5.41, 5.74) is 7.86. The number of aryl methyl sites for hydroxylation is 2. The summed E-state index contributed by atoms with van der Waals surface area (Å²) in [7, 11) is 0. The van der Waals surface area contributed by atoms with E-state index in [-0.39, 0.29) is 36.6 Å². The highest BCUT2D eigenvalue weighted by molar-refractivity contribution is 5.81. The molecule has 0 unspecified atom stereocenters. The van der Waals surface area contributed by atoms with Crippen LogP contribution in [-0.4, -0.2) is 44.0 Å². The molecule has 0 radical (unpaired) electrons. The third-order valence-electron chi connectivity index (χ3n) is 4.10. The molecule has 2 heterocycles. The molecule has 0 saturated heterocycles. The van der Waals surface area contributed by atoms with Crippen LogP contribution in [0.5, 0.6) is 0 Å². The maximum atomic E-state index is 12.2. The highest BCUT2D eigenvalue weighted by Crippen LogP contribution is 2.14. The van der Waals surface area contributed by atoms with Crippen molar-refractivity contribution in [1.82, 2.24) is 30.2 Å². The van der Waals surface area contributed by atoms with Gasteiger partial charge in [-0.1, -0.05) is 6.92 Å². The van der Waals surface area contributed by atoms with Crippen molar-refractivity contribution < 1.29 is 9.59 Å². The molecule has 2 amide bonds. The van der Waals surface area contributed by atoms with Gasteiger partial charge in [-0.05, 0) is 27.2 Å². The molecule has 2 aromatic heterocycles. The monoisotopic (exact) mass is 347 g/mol. The van der Waals surface area contributed by atoms with Crippen molar-refractivity contribution in [3.63, 3.8) is 0 Å². The molecule has 0 aliphatic rings. The van der Waals surface area contributed by atoms with Gasteiger partial charge in [0.25, 0.3) is 5.78 Å². The Bertz CT molecular complexity index is 784. The van der Waals surface area contributed by atoms with E-state index >= 15 is 0 Å². The standard InChI is InChI=1S/C16H25N7O2/c1-5-9(2)19-13(24)6-7-18-14(25)8-12-10(3)20-16-21-15(17)22-23(16)11(12)4/h9H,5-8H2,1-4H3,(H2,17,22)(H,18,25)(H,19,24)/t9-/m1/s1. The van der Waals surface area contributed by atoms with Gasteiger partial charge < -0.3 is 16.4 Å². The highest BCUT2D eigenvalue weighted by atomic mass is 16.2. The summed E-state index contributed by atoms with van der Waals surface area (Å²) < 4.78 is 1.53. The quantitative estimate of drug-likeness (QED) is 0.660. The van der Waals surface area contributed by atoms with Crippen molar-refractivity contribution in [2.75, 3.05) is 12.3 Å². The Morgan fingerprint density at radius 1 is 1.24 bits per heavy atom. The van der Waals surface area contributed by atoms with E-state index in [2.05, 4.69) is 25.7 Å². The molecule has 0 saturated carbocycles. The van der Waals surface area contributed by atoms with Gasteiger partial charge in [0.15, 0.2) is 0 Å². The van der Waals surface area contributed by atoms with Crippen molar-refractivity contribution >= 4 is 23.5 Å². The highest BCUT2D eigenvalue weighted by Gasteiger charge is 2.15. The van der Waals surface area contributed by atoms with Gasteiger partial charge in [0.2, 0.25) is 17.8 Å². The van der Waals surface area contributed by atoms with Crippen LogP contribution in [0, 0.1) is 13.8 Å². The molecule has 9 heteroatoms. The second-order valence-corrected chi connectivity index (χ2v) is 6.10. The number of nitrogens with zero attached hydrogens (tertiary/aromatic N) is 4. The summed E-state index contributed by atoms with van der Waals surface area (Å²) in [5.74, 6) is 0.322. The van der Waals surface area contributed by atoms with Crippen LogP contribution in [0.4, 0.5) is 5.95 Å². The van der Waals surface area contributed by atoms with Crippen molar-refractivity contribution in [2.45, 2.75) is 53.0 Å². The number of hydrogen-bond acceptors (Lipinski definition) is 6. The number of carbonyl (C=O) groups excluding carboxylic acids is 2. The summed E-state index contributed by atoms with van der Waals surface area (Å²) in [6, 6.07) is 0.140. The third kappa shape index (κ3) is 4.65. The Labute approximate surface area is 146 Å². The van der Waals surface area contributed by atoms with E-state index in [0.717, 1.165) is 17.7 Å². The molecular formula is C16H25N7O2. The molecule has 9 nitrogen and oxygen atoms in total. The molecule has 25 heavy (non-hydrogen) atoms. The van der Waals surface area contributed by atoms with Crippen LogP contribution < -0.4 is 16.4 Å². The van der Waals surface area contributed by atoms with Gasteiger partial charge in [0.05, 0.1) is 6.42 Å². The van der Waals surface area contributed by atoms with E-state index in [1.54, 1.807) is 0 Å². The van der Waals surface area contributed by atoms with Gasteiger partial charge >= 0.3 is 0 Å². The van der Waals surface area contributed by atoms with Crippen LogP contribution in [0.1, 0.15) is 43.6 Å². The van der Waals surface area contributed by atoms with Crippen LogP contribution in [0.3, 0.4) is 0 Å². The van der Waals surface area contributed by atoms with Crippen molar-refractivity contribution in [2.24, 2.45) is 0 Å². The SMILES string of the molecule is CC[C@@H](C)NC(=O)CCNC(=O)Cc1c(C)nc2nc(N)nn2c1C. The van der Waals surface area contributed by atoms with Crippen LogP contribution >= 0.6 is 0 Å². The molecule has 2 rings (SSSR count). The fourth-order valence-electron chi connectivity index (χ4n) is 2.47. The van der Waals surface area contributed by atoms with Gasteiger partial charge in [-0.2, -0.15) is 9.50 Å². The van der Waals surface area contributed by atoms with Gasteiger partial charge in [0, 0.05) is 36.0 Å². The van der Waals surface area contributed by atoms with E-state index in [1.165, 1.54) is 4.52 Å². The molecule has 0 aliphatic heterocycles. The first-order valence-electron chi connectivity index (χ1n) is 8.36. The lowest BCUT2D eigenvalue weighted by Crippen LogP contribution is -2.35. The Hall–Kier alpha value is -2.71. The zero-order valence-corrected chi connectivity index (χ0v) is 15.1. The molecule has 1 atom stereocenters. The molecule has 0 fully saturated rings. The summed E-state index contributed by atoms with van der Waals surface area (Å²) >= 11 is 0. The molecule has 136 valence electrons. The largest absolute Gasteiger partial charge is 0.366 e. The number of fused-ring (bicyclic) bond motifs is 1. The van der Waals surface area contributed by atoms with E-state index in [0.29, 0.717) is 18.0 Å². The molecule has 0 aliphatic carbocycles. The summed E-state index contributed by atoms with van der Waals surface area (Å²) in [5, 5.41) is 9.71. The average Bonchev–Trinajstić information content (AvgIpc) is 2.91. The van der Waals surface area contributed by atoms with Crippen molar-refractivity contribution in [1.29, 1.82) is 0 Å². The van der Waals surface area contributed by atoms with Crippen LogP contribution in [0.15, 0.2) is 0 Å². The molecular weight excluding hydrogens is 322 g/mol. The van der Waals surface area contributed by atoms with Crippen molar-refractivity contribution in [3.8, 4) is 0 Å². The first-order chi connectivity index (χ1) is 11.8. The Morgan fingerprint density at radius 2 is 1.96 bits per heavy atom. The predicted octanol–water partition coefficient (Wildman–Crippen LogP) is 0.287. The predicted molar refractivity (Wildman–Crippen MR) is 93.9 cm³/mol. The van der Waals surface area contributed by atoms with Crippen LogP contribution in [0.2, 0.25) is 0 Å². The number of amides is 2. The maximum Gasteiger partial charge on any atom is 0.254 e. The number of aromatic nitrogens is 4. The number of carbonyl (C=O) groups is 2. The summed E-state index contributed by atoms with van der Waals surface area (Å²) in [6.07, 6.45) is 1.29. The fraction of sp³-hybridized carbons (Fsp3) is 0.562. The number of nitrogens with two attached hydrogens (primary N) is 1. The molecule has 0 bridgehead atoms. The van der Waals surface area contributed by atoms with Crippen LogP contribution in [0.25, 0.3) is 5.78 Å². The molecule has 2 aromatic rings. The Balaban J connectivity index is 1.94. The number of nitrogen functional groups attached to an aromatic ring is 1. The van der Waals surface area contributed by atoms with Gasteiger partial charge in [-0.3, -0.25) is 9.59 Å². The first kappa shape index (κ1) is 18.6. The zero-order chi connectivity index (χ0) is 18.6. The maximum absolute atomic E-state index is 12.2. The van der Waals surface area contributed by atoms with E-state index < -0.39 is 0 Å². The molecule has 4 N–H and O–H groups in total. The van der Waals surface area contributed by atoms with Crippen molar-refractivity contribution in [3.05, 3.63) is 17.0 Å². The van der Waals surface area contributed by atoms with E-state index in [4.69, 9.17) is 5.73 Å². The second kappa shape index (κ2) is 7.91. The number of anilines is 1. The summed E-state index contributed by atoms with van der Waals surface area (Å²) in [4.78, 5) is 32.2. The molecule has 0 aromatic carbocycles. The average molecular weight is 347 g/mol. The first-order valence-corrected chi connectivity index (χ1v) is 8.36. The van der Waals surface area contributed by atoms with Crippen LogP contribution in [-0.2, 0) is 16.0 Å². The van der Waals surface area contributed by atoms with E-state index in [9.17, 15) is 9.59 Å². The van der Waals surface area contributed by atoms with Gasteiger partial charge in [-0.25, -0.2) is 4.98 Å². The lowest BCUT2D eigenvalue weighted by molar-refractivity contribution is -0.122. The molecule has 0 spiro atoms.